The monoisotopic (exact) mass is 491 g/mol. The molecular weight excluding hydrogens is 483 g/mol. The lowest BCUT2D eigenvalue weighted by molar-refractivity contribution is -0.137. The largest absolute Gasteiger partial charge is 0.476 e. The van der Waals surface area contributed by atoms with E-state index in [1.54, 1.807) is 0 Å². The van der Waals surface area contributed by atoms with Crippen LogP contribution >= 0.6 is 23.2 Å². The van der Waals surface area contributed by atoms with E-state index < -0.39 is 60.2 Å². The third-order valence-corrected chi connectivity index (χ3v) is 5.03. The van der Waals surface area contributed by atoms with Crippen LogP contribution in [0.1, 0.15) is 11.3 Å². The fourth-order valence-electron chi connectivity index (χ4n) is 2.13. The first-order chi connectivity index (χ1) is 13.7. The fraction of sp³-hybridized carbons (Fsp3) is 0.267. The van der Waals surface area contributed by atoms with Gasteiger partial charge in [0.15, 0.2) is 22.3 Å². The maximum atomic E-state index is 13.1. The van der Waals surface area contributed by atoms with Crippen LogP contribution in [-0.4, -0.2) is 44.8 Å². The number of benzene rings is 1. The summed E-state index contributed by atoms with van der Waals surface area (Å²) in [5.74, 6) is -0.737. The highest BCUT2D eigenvalue weighted by Crippen LogP contribution is 2.41. The number of nitrogens with zero attached hydrogens (tertiary/aromatic N) is 5. The van der Waals surface area contributed by atoms with E-state index in [0.29, 0.717) is 16.8 Å². The zero-order valence-electron chi connectivity index (χ0n) is 14.8. The summed E-state index contributed by atoms with van der Waals surface area (Å²) in [6.45, 7) is 0. The fourth-order valence-corrected chi connectivity index (χ4v) is 3.57. The average molecular weight is 492 g/mol. The molecule has 162 valence electrons. The number of hydrogen-bond acceptors (Lipinski definition) is 4. The summed E-state index contributed by atoms with van der Waals surface area (Å²) in [4.78, 5) is 3.97. The highest BCUT2D eigenvalue weighted by atomic mass is 35.5. The van der Waals surface area contributed by atoms with E-state index in [-0.39, 0.29) is 0 Å². The van der Waals surface area contributed by atoms with Crippen LogP contribution < -0.4 is 0 Å². The Bertz CT molecular complexity index is 1050. The van der Waals surface area contributed by atoms with Gasteiger partial charge >= 0.3 is 11.7 Å². The second-order valence-electron chi connectivity index (χ2n) is 5.73. The molecule has 1 aromatic carbocycles. The van der Waals surface area contributed by atoms with Gasteiger partial charge in [0.2, 0.25) is 0 Å². The molecule has 0 N–H and O–H groups in total. The number of alkyl halides is 6. The van der Waals surface area contributed by atoms with Crippen molar-refractivity contribution in [3.05, 3.63) is 33.4 Å². The molecule has 1 atom stereocenters. The average Bonchev–Trinajstić information content (AvgIpc) is 2.95. The van der Waals surface area contributed by atoms with Crippen molar-refractivity contribution in [3.63, 3.8) is 0 Å². The summed E-state index contributed by atoms with van der Waals surface area (Å²) in [7, 11) is -0.795. The van der Waals surface area contributed by atoms with Crippen molar-refractivity contribution in [2.75, 3.05) is 14.1 Å². The van der Waals surface area contributed by atoms with E-state index in [2.05, 4.69) is 10.1 Å². The Balaban J connectivity index is 2.90. The normalized spacial score (nSPS) is 13.5. The molecule has 1 heterocycles. The van der Waals surface area contributed by atoms with E-state index in [1.165, 1.54) is 25.1 Å². The van der Waals surface area contributed by atoms with Crippen molar-refractivity contribution in [2.24, 2.45) is 4.99 Å². The first kappa shape index (κ1) is 24.0. The molecule has 0 saturated carbocycles. The SMILES string of the molecule is CN(C)/C=N/c1c(S(=O)C(F)(F)F)c(C#N)nn1-c1c(Cl)cc(C(F)(F)F)cc1Cl. The van der Waals surface area contributed by atoms with Gasteiger partial charge in [-0.2, -0.15) is 36.7 Å². The molecule has 1 unspecified atom stereocenters. The first-order valence-corrected chi connectivity index (χ1v) is 9.38. The first-order valence-electron chi connectivity index (χ1n) is 7.47. The predicted octanol–water partition coefficient (Wildman–Crippen LogP) is 4.92. The maximum absolute atomic E-state index is 13.1. The van der Waals surface area contributed by atoms with Crippen LogP contribution in [0.25, 0.3) is 5.69 Å². The lowest BCUT2D eigenvalue weighted by Crippen LogP contribution is -2.17. The highest BCUT2D eigenvalue weighted by molar-refractivity contribution is 7.86. The molecular formula is C15H9Cl2F6N5OS. The van der Waals surface area contributed by atoms with Gasteiger partial charge in [0.25, 0.3) is 0 Å². The zero-order chi connectivity index (χ0) is 23.0. The van der Waals surface area contributed by atoms with Gasteiger partial charge in [-0.15, -0.1) is 0 Å². The van der Waals surface area contributed by atoms with E-state index in [4.69, 9.17) is 23.2 Å². The maximum Gasteiger partial charge on any atom is 0.476 e. The molecule has 0 bridgehead atoms. The molecule has 6 nitrogen and oxygen atoms in total. The van der Waals surface area contributed by atoms with Crippen LogP contribution in [0.4, 0.5) is 32.2 Å². The Labute approximate surface area is 177 Å². The van der Waals surface area contributed by atoms with Crippen molar-refractivity contribution in [1.82, 2.24) is 14.7 Å². The number of aromatic nitrogens is 2. The molecule has 0 aliphatic rings. The van der Waals surface area contributed by atoms with Crippen molar-refractivity contribution < 1.29 is 30.6 Å². The van der Waals surface area contributed by atoms with Crippen molar-refractivity contribution in [2.45, 2.75) is 16.6 Å². The van der Waals surface area contributed by atoms with Gasteiger partial charge in [-0.25, -0.2) is 13.9 Å². The minimum atomic E-state index is -5.27. The summed E-state index contributed by atoms with van der Waals surface area (Å²) >= 11 is 11.8. The van der Waals surface area contributed by atoms with Gasteiger partial charge in [-0.1, -0.05) is 23.2 Å². The smallest absolute Gasteiger partial charge is 0.369 e. The molecule has 30 heavy (non-hydrogen) atoms. The number of rotatable bonds is 4. The number of aliphatic imine (C=N–C) groups is 1. The molecule has 0 aliphatic carbocycles. The second-order valence-corrected chi connectivity index (χ2v) is 7.96. The Kier molecular flexibility index (Phi) is 6.75. The Hall–Kier alpha value is -2.30. The van der Waals surface area contributed by atoms with Crippen molar-refractivity contribution in [3.8, 4) is 11.8 Å². The zero-order valence-corrected chi connectivity index (χ0v) is 17.1. The van der Waals surface area contributed by atoms with Crippen LogP contribution in [0.2, 0.25) is 10.0 Å². The topological polar surface area (TPSA) is 74.3 Å². The van der Waals surface area contributed by atoms with Gasteiger partial charge in [0, 0.05) is 14.1 Å². The molecule has 0 saturated heterocycles. The van der Waals surface area contributed by atoms with Crippen LogP contribution in [-0.2, 0) is 17.0 Å². The molecule has 1 aromatic heterocycles. The van der Waals surface area contributed by atoms with Gasteiger partial charge < -0.3 is 4.90 Å². The lowest BCUT2D eigenvalue weighted by Gasteiger charge is -2.14. The van der Waals surface area contributed by atoms with E-state index >= 15 is 0 Å². The van der Waals surface area contributed by atoms with Crippen molar-refractivity contribution in [1.29, 1.82) is 5.26 Å². The van der Waals surface area contributed by atoms with Crippen LogP contribution in [0, 0.1) is 11.3 Å². The Morgan fingerprint density at radius 3 is 2.13 bits per heavy atom. The minimum Gasteiger partial charge on any atom is -0.369 e. The predicted molar refractivity (Wildman–Crippen MR) is 97.6 cm³/mol. The van der Waals surface area contributed by atoms with E-state index in [9.17, 15) is 35.8 Å². The van der Waals surface area contributed by atoms with Crippen LogP contribution in [0.15, 0.2) is 22.0 Å². The third-order valence-electron chi connectivity index (χ3n) is 3.29. The van der Waals surface area contributed by atoms with Gasteiger partial charge in [0.05, 0.1) is 21.9 Å². The van der Waals surface area contributed by atoms with Gasteiger partial charge in [-0.05, 0) is 12.1 Å². The molecule has 15 heteroatoms. The molecule has 0 amide bonds. The molecule has 0 aliphatic heterocycles. The van der Waals surface area contributed by atoms with Crippen molar-refractivity contribution >= 4 is 46.2 Å². The number of nitriles is 1. The summed E-state index contributed by atoms with van der Waals surface area (Å²) in [5.41, 5.74) is -7.87. The van der Waals surface area contributed by atoms with E-state index in [1.807, 2.05) is 0 Å². The van der Waals surface area contributed by atoms with Crippen LogP contribution in [0.3, 0.4) is 0 Å². The highest BCUT2D eigenvalue weighted by Gasteiger charge is 2.43. The summed E-state index contributed by atoms with van der Waals surface area (Å²) < 4.78 is 90.7. The van der Waals surface area contributed by atoms with E-state index in [0.717, 1.165) is 6.34 Å². The number of halogens is 8. The van der Waals surface area contributed by atoms with Gasteiger partial charge in [0.1, 0.15) is 16.7 Å². The molecule has 0 spiro atoms. The van der Waals surface area contributed by atoms with Gasteiger partial charge in [-0.3, -0.25) is 0 Å². The van der Waals surface area contributed by atoms with Crippen LogP contribution in [0.5, 0.6) is 0 Å². The standard InChI is InChI=1S/C15H9Cl2F6N5OS/c1-27(2)6-25-13-12(30(29)15(21,22)23)10(5-24)26-28(13)11-8(16)3-7(4-9(11)17)14(18,19)20/h3-4,6H,1-2H3/b25-6+. The molecule has 0 fully saturated rings. The third kappa shape index (κ3) is 4.88. The Morgan fingerprint density at radius 1 is 1.20 bits per heavy atom. The summed E-state index contributed by atoms with van der Waals surface area (Å²) in [6.07, 6.45) is -3.79. The number of hydrogen-bond donors (Lipinski definition) is 0. The second kappa shape index (κ2) is 8.44. The summed E-state index contributed by atoms with van der Waals surface area (Å²) in [6, 6.07) is 2.33. The quantitative estimate of drug-likeness (QED) is 0.345. The minimum absolute atomic E-state index is 0.473. The molecule has 0 radical (unpaired) electrons. The lowest BCUT2D eigenvalue weighted by atomic mass is 10.2. The molecule has 2 aromatic rings. The molecule has 2 rings (SSSR count). The Morgan fingerprint density at radius 2 is 1.73 bits per heavy atom. The summed E-state index contributed by atoms with van der Waals surface area (Å²) in [5, 5.41) is 11.5.